The lowest BCUT2D eigenvalue weighted by Gasteiger charge is -2.40. The quantitative estimate of drug-likeness (QED) is 0.173. The Balaban J connectivity index is 1.12. The van der Waals surface area contributed by atoms with E-state index in [9.17, 15) is 0 Å². The first kappa shape index (κ1) is 29.2. The van der Waals surface area contributed by atoms with Gasteiger partial charge >= 0.3 is 0 Å². The topological polar surface area (TPSA) is 50.3 Å². The van der Waals surface area contributed by atoms with Crippen LogP contribution in [0.5, 0.6) is 0 Å². The minimum atomic E-state index is 0.550. The molecule has 0 amide bonds. The highest BCUT2D eigenvalue weighted by molar-refractivity contribution is 5.95. The highest BCUT2D eigenvalue weighted by Gasteiger charge is 2.30. The van der Waals surface area contributed by atoms with E-state index >= 15 is 0 Å². The Labute approximate surface area is 289 Å². The zero-order valence-electron chi connectivity index (χ0n) is 27.1. The molecule has 1 aliphatic heterocycles. The Bertz CT molecular complexity index is 2570. The predicted octanol–water partition coefficient (Wildman–Crippen LogP) is 11.4. The standard InChI is InChI=1S/C44H31N5O/c1-3-37-38(4-2)48(40-23-15-14-22-39(40)47(37)32-18-10-6-11-19-32)34-26-24-31(25-27-34)44-46-36-28-41-35(29-42(36)50-44)45-43(30-16-8-5-9-17-30)49(41)33-20-12-7-13-21-33/h3-29H,1-2H2. The minimum Gasteiger partial charge on any atom is -0.436 e. The van der Waals surface area contributed by atoms with Gasteiger partial charge in [0.25, 0.3) is 0 Å². The molecular formula is C44H31N5O. The maximum Gasteiger partial charge on any atom is 0.227 e. The van der Waals surface area contributed by atoms with Gasteiger partial charge in [0.1, 0.15) is 11.3 Å². The van der Waals surface area contributed by atoms with Crippen molar-refractivity contribution in [2.75, 3.05) is 9.80 Å². The van der Waals surface area contributed by atoms with Gasteiger partial charge in [-0.15, -0.1) is 0 Å². The summed E-state index contributed by atoms with van der Waals surface area (Å²) in [5, 5.41) is 0. The number of nitrogens with zero attached hydrogens (tertiary/aromatic N) is 5. The van der Waals surface area contributed by atoms with Gasteiger partial charge in [-0.2, -0.15) is 0 Å². The molecule has 238 valence electrons. The van der Waals surface area contributed by atoms with E-state index in [0.29, 0.717) is 11.5 Å². The van der Waals surface area contributed by atoms with Gasteiger partial charge in [0.2, 0.25) is 5.89 Å². The molecule has 0 saturated carbocycles. The van der Waals surface area contributed by atoms with Gasteiger partial charge in [0.15, 0.2) is 5.58 Å². The SMILES string of the molecule is C=CC1=C(C=C)N(c2ccc(-c3nc4cc5c(cc4o3)nc(-c3ccccc3)n5-c3ccccc3)cc2)c2ccccc2N1c1ccccc1. The Kier molecular flexibility index (Phi) is 6.99. The predicted molar refractivity (Wildman–Crippen MR) is 204 cm³/mol. The molecule has 0 fully saturated rings. The number of oxazole rings is 1. The lowest BCUT2D eigenvalue weighted by atomic mass is 10.0. The first-order chi connectivity index (χ1) is 24.7. The number of allylic oxidation sites excluding steroid dienone is 2. The third-order valence-corrected chi connectivity index (χ3v) is 9.09. The normalized spacial score (nSPS) is 12.8. The first-order valence-electron chi connectivity index (χ1n) is 16.5. The van der Waals surface area contributed by atoms with E-state index < -0.39 is 0 Å². The molecule has 0 saturated heterocycles. The van der Waals surface area contributed by atoms with Gasteiger partial charge in [0.05, 0.1) is 33.8 Å². The number of rotatable bonds is 7. The summed E-state index contributed by atoms with van der Waals surface area (Å²) in [4.78, 5) is 14.5. The van der Waals surface area contributed by atoms with Crippen molar-refractivity contribution in [1.29, 1.82) is 0 Å². The van der Waals surface area contributed by atoms with Gasteiger partial charge < -0.3 is 14.2 Å². The second-order valence-electron chi connectivity index (χ2n) is 12.0. The fraction of sp³-hybridized carbons (Fsp3) is 0. The molecule has 50 heavy (non-hydrogen) atoms. The summed E-state index contributed by atoms with van der Waals surface area (Å²) >= 11 is 0. The molecule has 6 aromatic carbocycles. The van der Waals surface area contributed by atoms with Crippen LogP contribution in [-0.2, 0) is 0 Å². The summed E-state index contributed by atoms with van der Waals surface area (Å²) < 4.78 is 8.57. The molecular weight excluding hydrogens is 615 g/mol. The Morgan fingerprint density at radius 3 is 1.64 bits per heavy atom. The van der Waals surface area contributed by atoms with Crippen LogP contribution in [0, 0.1) is 0 Å². The molecule has 0 atom stereocenters. The maximum atomic E-state index is 6.38. The number of fused-ring (bicyclic) bond motifs is 3. The average Bonchev–Trinajstić information content (AvgIpc) is 3.78. The van der Waals surface area contributed by atoms with Crippen molar-refractivity contribution < 1.29 is 4.42 Å². The number of hydrogen-bond acceptors (Lipinski definition) is 5. The minimum absolute atomic E-state index is 0.550. The lowest BCUT2D eigenvalue weighted by Crippen LogP contribution is -2.30. The molecule has 0 N–H and O–H groups in total. The summed E-state index contributed by atoms with van der Waals surface area (Å²) in [5.74, 6) is 1.42. The Morgan fingerprint density at radius 2 is 1.04 bits per heavy atom. The van der Waals surface area contributed by atoms with Crippen molar-refractivity contribution in [3.05, 3.63) is 188 Å². The van der Waals surface area contributed by atoms with Crippen LogP contribution < -0.4 is 9.80 Å². The summed E-state index contributed by atoms with van der Waals surface area (Å²) in [5.41, 5.74) is 12.2. The molecule has 0 bridgehead atoms. The van der Waals surface area contributed by atoms with E-state index in [-0.39, 0.29) is 0 Å². The van der Waals surface area contributed by atoms with Crippen LogP contribution in [0.3, 0.4) is 0 Å². The summed E-state index contributed by atoms with van der Waals surface area (Å²) in [6.07, 6.45) is 3.78. The number of benzene rings is 6. The van der Waals surface area contributed by atoms with Gasteiger partial charge in [0, 0.05) is 34.3 Å². The molecule has 1 aliphatic rings. The number of anilines is 4. The summed E-state index contributed by atoms with van der Waals surface area (Å²) in [6, 6.07) is 51.6. The lowest BCUT2D eigenvalue weighted by molar-refractivity contribution is 0.620. The second kappa shape index (κ2) is 12.0. The van der Waals surface area contributed by atoms with E-state index in [4.69, 9.17) is 14.4 Å². The van der Waals surface area contributed by atoms with Crippen molar-refractivity contribution in [3.8, 4) is 28.5 Å². The molecule has 6 nitrogen and oxygen atoms in total. The van der Waals surface area contributed by atoms with Gasteiger partial charge in [-0.05, 0) is 78.9 Å². The summed E-state index contributed by atoms with van der Waals surface area (Å²) in [6.45, 7) is 8.40. The fourth-order valence-corrected chi connectivity index (χ4v) is 6.85. The molecule has 0 radical (unpaired) electrons. The fourth-order valence-electron chi connectivity index (χ4n) is 6.85. The first-order valence-corrected chi connectivity index (χ1v) is 16.5. The molecule has 6 heteroatoms. The van der Waals surface area contributed by atoms with Crippen LogP contribution in [0.4, 0.5) is 22.7 Å². The summed E-state index contributed by atoms with van der Waals surface area (Å²) in [7, 11) is 0. The van der Waals surface area contributed by atoms with Crippen molar-refractivity contribution in [1.82, 2.24) is 14.5 Å². The van der Waals surface area contributed by atoms with E-state index in [0.717, 1.165) is 73.3 Å². The number of imidazole rings is 1. The molecule has 9 rings (SSSR count). The van der Waals surface area contributed by atoms with Gasteiger partial charge in [-0.25, -0.2) is 9.97 Å². The van der Waals surface area contributed by atoms with Gasteiger partial charge in [-0.3, -0.25) is 4.57 Å². The average molecular weight is 646 g/mol. The van der Waals surface area contributed by atoms with Crippen LogP contribution in [0.2, 0.25) is 0 Å². The maximum absolute atomic E-state index is 6.38. The second-order valence-corrected chi connectivity index (χ2v) is 12.0. The van der Waals surface area contributed by atoms with Crippen molar-refractivity contribution in [2.45, 2.75) is 0 Å². The van der Waals surface area contributed by atoms with E-state index in [2.05, 4.69) is 119 Å². The largest absolute Gasteiger partial charge is 0.436 e. The van der Waals surface area contributed by atoms with Crippen LogP contribution in [0.1, 0.15) is 0 Å². The Morgan fingerprint density at radius 1 is 0.500 bits per heavy atom. The van der Waals surface area contributed by atoms with Crippen LogP contribution in [0.25, 0.3) is 50.7 Å². The van der Waals surface area contributed by atoms with Crippen LogP contribution in [-0.4, -0.2) is 14.5 Å². The molecule has 0 unspecified atom stereocenters. The highest BCUT2D eigenvalue weighted by atomic mass is 16.3. The molecule has 0 spiro atoms. The third kappa shape index (κ3) is 4.73. The van der Waals surface area contributed by atoms with E-state index in [1.165, 1.54) is 0 Å². The number of aromatic nitrogens is 3. The van der Waals surface area contributed by atoms with Crippen LogP contribution >= 0.6 is 0 Å². The number of hydrogen-bond donors (Lipinski definition) is 0. The van der Waals surface area contributed by atoms with Crippen molar-refractivity contribution >= 4 is 44.9 Å². The van der Waals surface area contributed by atoms with E-state index in [1.54, 1.807) is 0 Å². The Hall–Kier alpha value is -6.92. The zero-order valence-corrected chi connectivity index (χ0v) is 27.1. The molecule has 3 heterocycles. The smallest absolute Gasteiger partial charge is 0.227 e. The number of para-hydroxylation sites is 4. The molecule has 8 aromatic rings. The third-order valence-electron chi connectivity index (χ3n) is 9.09. The molecule has 0 aliphatic carbocycles. The van der Waals surface area contributed by atoms with Crippen molar-refractivity contribution in [2.24, 2.45) is 0 Å². The van der Waals surface area contributed by atoms with Gasteiger partial charge in [-0.1, -0.05) is 92.0 Å². The van der Waals surface area contributed by atoms with Crippen molar-refractivity contribution in [3.63, 3.8) is 0 Å². The van der Waals surface area contributed by atoms with Crippen LogP contribution in [0.15, 0.2) is 193 Å². The monoisotopic (exact) mass is 645 g/mol. The zero-order chi connectivity index (χ0) is 33.6. The molecule has 2 aromatic heterocycles. The van der Waals surface area contributed by atoms with E-state index in [1.807, 2.05) is 72.8 Å². The highest BCUT2D eigenvalue weighted by Crippen LogP contribution is 2.47.